The molecule has 0 bridgehead atoms. The van der Waals surface area contributed by atoms with Crippen LogP contribution in [0.4, 0.5) is 11.6 Å². The van der Waals surface area contributed by atoms with E-state index < -0.39 is 0 Å². The summed E-state index contributed by atoms with van der Waals surface area (Å²) in [7, 11) is 0. The maximum Gasteiger partial charge on any atom is 0.134 e. The van der Waals surface area contributed by atoms with Crippen molar-refractivity contribution in [3.63, 3.8) is 0 Å². The minimum Gasteiger partial charge on any atom is -0.370 e. The zero-order chi connectivity index (χ0) is 13.1. The van der Waals surface area contributed by atoms with E-state index in [2.05, 4.69) is 32.5 Å². The van der Waals surface area contributed by atoms with Crippen molar-refractivity contribution in [2.75, 3.05) is 41.9 Å². The zero-order valence-electron chi connectivity index (χ0n) is 11.5. The van der Waals surface area contributed by atoms with Gasteiger partial charge in [-0.25, -0.2) is 9.97 Å². The van der Waals surface area contributed by atoms with Crippen LogP contribution in [-0.4, -0.2) is 41.6 Å². The molecule has 2 fully saturated rings. The van der Waals surface area contributed by atoms with Crippen LogP contribution in [0.15, 0.2) is 12.4 Å². The Bertz CT molecular complexity index is 422. The molecular weight excluding hydrogens is 256 g/mol. The highest BCUT2D eigenvalue weighted by atomic mass is 32.2. The molecule has 0 unspecified atom stereocenters. The summed E-state index contributed by atoms with van der Waals surface area (Å²) < 4.78 is 0. The third kappa shape index (κ3) is 3.53. The number of thioether (sulfide) groups is 1. The summed E-state index contributed by atoms with van der Waals surface area (Å²) in [4.78, 5) is 11.1. The molecule has 1 aromatic rings. The molecule has 1 saturated carbocycles. The largest absolute Gasteiger partial charge is 0.370 e. The van der Waals surface area contributed by atoms with Crippen LogP contribution in [-0.2, 0) is 0 Å². The molecule has 19 heavy (non-hydrogen) atoms. The Kier molecular flexibility index (Phi) is 4.11. The standard InChI is InChI=1S/C14H22N4S/c1-19-9-12-4-5-18(8-12)14-6-13(16-10-17-14)15-7-11-2-3-11/h6,10-12H,2-5,7-9H2,1H3,(H,15,16,17)/t12-/m0/s1. The molecule has 1 aliphatic heterocycles. The van der Waals surface area contributed by atoms with Crippen molar-refractivity contribution < 1.29 is 0 Å². The molecule has 4 nitrogen and oxygen atoms in total. The van der Waals surface area contributed by atoms with E-state index in [1.165, 1.54) is 25.0 Å². The first-order chi connectivity index (χ1) is 9.35. The van der Waals surface area contributed by atoms with Gasteiger partial charge in [-0.2, -0.15) is 11.8 Å². The Morgan fingerprint density at radius 3 is 3.00 bits per heavy atom. The molecule has 0 radical (unpaired) electrons. The number of aromatic nitrogens is 2. The third-order valence-electron chi connectivity index (χ3n) is 3.93. The summed E-state index contributed by atoms with van der Waals surface area (Å²) in [6.45, 7) is 3.33. The average molecular weight is 278 g/mol. The Balaban J connectivity index is 1.59. The van der Waals surface area contributed by atoms with Crippen LogP contribution in [0.3, 0.4) is 0 Å². The lowest BCUT2D eigenvalue weighted by Gasteiger charge is -2.18. The first-order valence-corrected chi connectivity index (χ1v) is 8.54. The molecule has 2 heterocycles. The van der Waals surface area contributed by atoms with Crippen molar-refractivity contribution >= 4 is 23.4 Å². The molecule has 0 spiro atoms. The highest BCUT2D eigenvalue weighted by Crippen LogP contribution is 2.29. The van der Waals surface area contributed by atoms with Crippen LogP contribution >= 0.6 is 11.8 Å². The number of anilines is 2. The number of hydrogen-bond donors (Lipinski definition) is 1. The first kappa shape index (κ1) is 13.0. The van der Waals surface area contributed by atoms with Crippen molar-refractivity contribution in [1.82, 2.24) is 9.97 Å². The van der Waals surface area contributed by atoms with Gasteiger partial charge < -0.3 is 10.2 Å². The van der Waals surface area contributed by atoms with E-state index in [-0.39, 0.29) is 0 Å². The zero-order valence-corrected chi connectivity index (χ0v) is 12.3. The molecule has 104 valence electrons. The minimum absolute atomic E-state index is 0.813. The Morgan fingerprint density at radius 2 is 2.21 bits per heavy atom. The van der Waals surface area contributed by atoms with Crippen molar-refractivity contribution in [3.8, 4) is 0 Å². The van der Waals surface area contributed by atoms with Gasteiger partial charge in [-0.05, 0) is 43.1 Å². The second-order valence-electron chi connectivity index (χ2n) is 5.64. The summed E-state index contributed by atoms with van der Waals surface area (Å²) >= 11 is 1.95. The lowest BCUT2D eigenvalue weighted by Crippen LogP contribution is -2.21. The van der Waals surface area contributed by atoms with E-state index in [1.54, 1.807) is 6.33 Å². The lowest BCUT2D eigenvalue weighted by atomic mass is 10.2. The molecule has 2 aliphatic rings. The van der Waals surface area contributed by atoms with Crippen LogP contribution in [0, 0.1) is 11.8 Å². The van der Waals surface area contributed by atoms with Gasteiger partial charge in [-0.3, -0.25) is 0 Å². The van der Waals surface area contributed by atoms with E-state index in [0.717, 1.165) is 43.1 Å². The second kappa shape index (κ2) is 5.99. The van der Waals surface area contributed by atoms with Gasteiger partial charge >= 0.3 is 0 Å². The van der Waals surface area contributed by atoms with E-state index in [0.29, 0.717) is 0 Å². The van der Waals surface area contributed by atoms with Gasteiger partial charge in [-0.1, -0.05) is 0 Å². The van der Waals surface area contributed by atoms with Gasteiger partial charge in [0.05, 0.1) is 0 Å². The average Bonchev–Trinajstić information content (AvgIpc) is 3.15. The smallest absolute Gasteiger partial charge is 0.134 e. The van der Waals surface area contributed by atoms with Gasteiger partial charge in [-0.15, -0.1) is 0 Å². The fraction of sp³-hybridized carbons (Fsp3) is 0.714. The van der Waals surface area contributed by atoms with Crippen molar-refractivity contribution in [2.45, 2.75) is 19.3 Å². The van der Waals surface area contributed by atoms with Gasteiger partial charge in [0.2, 0.25) is 0 Å². The molecule has 0 amide bonds. The molecule has 1 aromatic heterocycles. The summed E-state index contributed by atoms with van der Waals surface area (Å²) in [5.74, 6) is 5.00. The molecule has 5 heteroatoms. The summed E-state index contributed by atoms with van der Waals surface area (Å²) in [6, 6.07) is 2.10. The van der Waals surface area contributed by atoms with E-state index in [4.69, 9.17) is 0 Å². The van der Waals surface area contributed by atoms with Crippen molar-refractivity contribution in [3.05, 3.63) is 12.4 Å². The molecule has 1 atom stereocenters. The van der Waals surface area contributed by atoms with Gasteiger partial charge in [0.15, 0.2) is 0 Å². The van der Waals surface area contributed by atoms with Crippen LogP contribution in [0.2, 0.25) is 0 Å². The van der Waals surface area contributed by atoms with Crippen LogP contribution in [0.1, 0.15) is 19.3 Å². The van der Waals surface area contributed by atoms with E-state index in [9.17, 15) is 0 Å². The molecule has 1 N–H and O–H groups in total. The second-order valence-corrected chi connectivity index (χ2v) is 6.55. The molecule has 1 saturated heterocycles. The maximum absolute atomic E-state index is 4.43. The number of hydrogen-bond acceptors (Lipinski definition) is 5. The Labute approximate surface area is 119 Å². The van der Waals surface area contributed by atoms with Gasteiger partial charge in [0.1, 0.15) is 18.0 Å². The number of nitrogens with zero attached hydrogens (tertiary/aromatic N) is 3. The van der Waals surface area contributed by atoms with Crippen LogP contribution < -0.4 is 10.2 Å². The highest BCUT2D eigenvalue weighted by molar-refractivity contribution is 7.98. The first-order valence-electron chi connectivity index (χ1n) is 7.15. The summed E-state index contributed by atoms with van der Waals surface area (Å²) in [5.41, 5.74) is 0. The lowest BCUT2D eigenvalue weighted by molar-refractivity contribution is 0.671. The van der Waals surface area contributed by atoms with Crippen LogP contribution in [0.25, 0.3) is 0 Å². The Morgan fingerprint density at radius 1 is 1.32 bits per heavy atom. The SMILES string of the molecule is CSC[C@H]1CCN(c2cc(NCC3CC3)ncn2)C1. The van der Waals surface area contributed by atoms with E-state index >= 15 is 0 Å². The monoisotopic (exact) mass is 278 g/mol. The molecule has 1 aliphatic carbocycles. The normalized spacial score (nSPS) is 22.8. The van der Waals surface area contributed by atoms with Gasteiger partial charge in [0, 0.05) is 25.7 Å². The highest BCUT2D eigenvalue weighted by Gasteiger charge is 2.24. The fourth-order valence-electron chi connectivity index (χ4n) is 2.60. The van der Waals surface area contributed by atoms with Crippen molar-refractivity contribution in [2.24, 2.45) is 11.8 Å². The molecular formula is C14H22N4S. The van der Waals surface area contributed by atoms with Crippen LogP contribution in [0.5, 0.6) is 0 Å². The summed E-state index contributed by atoms with van der Waals surface area (Å²) in [6.07, 6.45) is 7.90. The van der Waals surface area contributed by atoms with Gasteiger partial charge in [0.25, 0.3) is 0 Å². The number of nitrogens with one attached hydrogen (secondary N) is 1. The molecule has 0 aromatic carbocycles. The minimum atomic E-state index is 0.813. The molecule has 3 rings (SSSR count). The quantitative estimate of drug-likeness (QED) is 0.866. The predicted molar refractivity (Wildman–Crippen MR) is 81.9 cm³/mol. The third-order valence-corrected chi connectivity index (χ3v) is 4.74. The topological polar surface area (TPSA) is 41.0 Å². The Hall–Kier alpha value is -0.970. The maximum atomic E-state index is 4.43. The fourth-order valence-corrected chi connectivity index (χ4v) is 3.34. The summed E-state index contributed by atoms with van der Waals surface area (Å²) in [5, 5.41) is 3.42. The van der Waals surface area contributed by atoms with E-state index in [1.807, 2.05) is 11.8 Å². The van der Waals surface area contributed by atoms with Crippen molar-refractivity contribution in [1.29, 1.82) is 0 Å². The number of rotatable bonds is 6. The predicted octanol–water partition coefficient (Wildman–Crippen LogP) is 2.49.